The van der Waals surface area contributed by atoms with Crippen LogP contribution < -0.4 is 10.1 Å². The lowest BCUT2D eigenvalue weighted by Gasteiger charge is -2.35. The lowest BCUT2D eigenvalue weighted by Crippen LogP contribution is -2.48. The Kier molecular flexibility index (Phi) is 8.28. The van der Waals surface area contributed by atoms with Crippen molar-refractivity contribution in [2.45, 2.75) is 13.0 Å². The molecule has 0 unspecified atom stereocenters. The van der Waals surface area contributed by atoms with Crippen molar-refractivity contribution in [3.63, 3.8) is 0 Å². The molecule has 2 aromatic rings. The summed E-state index contributed by atoms with van der Waals surface area (Å²) in [5, 5.41) is 13.1. The number of hydrogen-bond donors (Lipinski definition) is 2. The maximum Gasteiger partial charge on any atom is 0.308 e. The summed E-state index contributed by atoms with van der Waals surface area (Å²) >= 11 is 6.06. The smallest absolute Gasteiger partial charge is 0.308 e. The zero-order chi connectivity index (χ0) is 22.2. The van der Waals surface area contributed by atoms with Gasteiger partial charge in [-0.05, 0) is 29.8 Å². The molecule has 0 aliphatic carbocycles. The molecule has 0 radical (unpaired) electrons. The van der Waals surface area contributed by atoms with E-state index in [0.717, 1.165) is 37.7 Å². The topological polar surface area (TPSA) is 82.1 Å². The number of aliphatic carboxylic acids is 1. The quantitative estimate of drug-likeness (QED) is 0.616. The van der Waals surface area contributed by atoms with Crippen molar-refractivity contribution in [2.75, 3.05) is 45.2 Å². The molecule has 0 aromatic heterocycles. The highest BCUT2D eigenvalue weighted by Crippen LogP contribution is 2.19. The second kappa shape index (κ2) is 11.1. The van der Waals surface area contributed by atoms with Crippen LogP contribution in [0.1, 0.15) is 12.0 Å². The van der Waals surface area contributed by atoms with Crippen molar-refractivity contribution in [3.8, 4) is 5.75 Å². The minimum absolute atomic E-state index is 0.0741. The van der Waals surface area contributed by atoms with Crippen LogP contribution in [-0.4, -0.2) is 66.6 Å². The Labute approximate surface area is 187 Å². The monoisotopic (exact) mass is 445 g/mol. The number of methoxy groups -OCH3 is 1. The van der Waals surface area contributed by atoms with Gasteiger partial charge in [-0.15, -0.1) is 0 Å². The number of carboxylic acids is 1. The van der Waals surface area contributed by atoms with E-state index in [0.29, 0.717) is 18.0 Å². The third kappa shape index (κ3) is 7.24. The van der Waals surface area contributed by atoms with Crippen LogP contribution in [0, 0.1) is 5.92 Å². The zero-order valence-corrected chi connectivity index (χ0v) is 18.3. The van der Waals surface area contributed by atoms with E-state index in [1.807, 2.05) is 18.2 Å². The van der Waals surface area contributed by atoms with Gasteiger partial charge < -0.3 is 15.2 Å². The molecule has 1 saturated heterocycles. The number of carbonyl (C=O) groups is 2. The van der Waals surface area contributed by atoms with Crippen LogP contribution in [0.5, 0.6) is 5.75 Å². The number of ether oxygens (including phenoxy) is 1. The normalized spacial score (nSPS) is 15.9. The Bertz CT molecular complexity index is 900. The average molecular weight is 446 g/mol. The summed E-state index contributed by atoms with van der Waals surface area (Å²) in [7, 11) is 1.55. The summed E-state index contributed by atoms with van der Waals surface area (Å²) in [4.78, 5) is 28.6. The summed E-state index contributed by atoms with van der Waals surface area (Å²) in [6, 6.07) is 14.8. The first-order chi connectivity index (χ1) is 14.9. The van der Waals surface area contributed by atoms with Crippen LogP contribution in [0.2, 0.25) is 5.02 Å². The Morgan fingerprint density at radius 2 is 1.81 bits per heavy atom. The fourth-order valence-electron chi connectivity index (χ4n) is 3.70. The van der Waals surface area contributed by atoms with Gasteiger partial charge in [-0.3, -0.25) is 19.4 Å². The van der Waals surface area contributed by atoms with Crippen LogP contribution in [0.15, 0.2) is 48.5 Å². The number of carboxylic acid groups (broad SMARTS) is 1. The number of halogens is 1. The van der Waals surface area contributed by atoms with E-state index in [1.165, 1.54) is 5.56 Å². The lowest BCUT2D eigenvalue weighted by molar-refractivity contribution is -0.144. The summed E-state index contributed by atoms with van der Waals surface area (Å²) < 4.78 is 5.15. The fraction of sp³-hybridized carbons (Fsp3) is 0.391. The number of piperazine rings is 1. The van der Waals surface area contributed by atoms with Gasteiger partial charge in [-0.2, -0.15) is 0 Å². The maximum absolute atomic E-state index is 12.4. The minimum atomic E-state index is -0.956. The van der Waals surface area contributed by atoms with Crippen molar-refractivity contribution in [1.82, 2.24) is 9.80 Å². The summed E-state index contributed by atoms with van der Waals surface area (Å²) in [6.45, 7) is 4.39. The molecule has 0 spiro atoms. The van der Waals surface area contributed by atoms with Gasteiger partial charge in [0.2, 0.25) is 5.91 Å². The number of hydrogen-bond acceptors (Lipinski definition) is 5. The van der Waals surface area contributed by atoms with Crippen molar-refractivity contribution < 1.29 is 19.4 Å². The molecule has 1 heterocycles. The standard InChI is InChI=1S/C23H28ClN3O4/c1-31-21-7-3-6-20(14-21)25-22(28)13-18(23(29)30)16-27-10-8-26(9-11-27)15-17-4-2-5-19(24)12-17/h2-7,12,14,18H,8-11,13,15-16H2,1H3,(H,25,28)(H,29,30)/t18-/m1/s1. The molecule has 2 aromatic carbocycles. The maximum atomic E-state index is 12.4. The van der Waals surface area contributed by atoms with Crippen LogP contribution in [0.4, 0.5) is 5.69 Å². The molecule has 166 valence electrons. The number of anilines is 1. The number of rotatable bonds is 9. The van der Waals surface area contributed by atoms with E-state index in [-0.39, 0.29) is 12.3 Å². The molecular formula is C23H28ClN3O4. The van der Waals surface area contributed by atoms with E-state index < -0.39 is 11.9 Å². The Morgan fingerprint density at radius 3 is 2.48 bits per heavy atom. The average Bonchev–Trinajstić information content (AvgIpc) is 2.74. The van der Waals surface area contributed by atoms with Crippen molar-refractivity contribution in [2.24, 2.45) is 5.92 Å². The van der Waals surface area contributed by atoms with Gasteiger partial charge in [0, 0.05) is 62.5 Å². The molecule has 1 aliphatic heterocycles. The van der Waals surface area contributed by atoms with Crippen LogP contribution >= 0.6 is 11.6 Å². The number of nitrogens with zero attached hydrogens (tertiary/aromatic N) is 2. The summed E-state index contributed by atoms with van der Waals surface area (Å²) in [5.74, 6) is -1.41. The van der Waals surface area contributed by atoms with E-state index >= 15 is 0 Å². The molecule has 2 N–H and O–H groups in total. The van der Waals surface area contributed by atoms with Crippen molar-refractivity contribution >= 4 is 29.2 Å². The number of carbonyl (C=O) groups excluding carboxylic acids is 1. The Balaban J connectivity index is 1.47. The van der Waals surface area contributed by atoms with Gasteiger partial charge in [-0.25, -0.2) is 0 Å². The largest absolute Gasteiger partial charge is 0.497 e. The zero-order valence-electron chi connectivity index (χ0n) is 17.6. The van der Waals surface area contributed by atoms with Crippen LogP contribution in [-0.2, 0) is 16.1 Å². The highest BCUT2D eigenvalue weighted by Gasteiger charge is 2.26. The molecule has 1 fully saturated rings. The highest BCUT2D eigenvalue weighted by atomic mass is 35.5. The highest BCUT2D eigenvalue weighted by molar-refractivity contribution is 6.30. The minimum Gasteiger partial charge on any atom is -0.497 e. The Morgan fingerprint density at radius 1 is 1.10 bits per heavy atom. The van der Waals surface area contributed by atoms with Crippen molar-refractivity contribution in [1.29, 1.82) is 0 Å². The molecule has 1 atom stereocenters. The van der Waals surface area contributed by atoms with Crippen molar-refractivity contribution in [3.05, 3.63) is 59.1 Å². The number of benzene rings is 2. The van der Waals surface area contributed by atoms with Crippen LogP contribution in [0.25, 0.3) is 0 Å². The first-order valence-electron chi connectivity index (χ1n) is 10.3. The predicted octanol–water partition coefficient (Wildman–Crippen LogP) is 3.20. The van der Waals surface area contributed by atoms with E-state index in [2.05, 4.69) is 21.2 Å². The first kappa shape index (κ1) is 23.1. The molecule has 31 heavy (non-hydrogen) atoms. The van der Waals surface area contributed by atoms with Gasteiger partial charge >= 0.3 is 5.97 Å². The molecule has 8 heteroatoms. The van der Waals surface area contributed by atoms with Gasteiger partial charge in [0.15, 0.2) is 0 Å². The number of amides is 1. The van der Waals surface area contributed by atoms with E-state index in [9.17, 15) is 14.7 Å². The molecule has 7 nitrogen and oxygen atoms in total. The van der Waals surface area contributed by atoms with Crippen LogP contribution in [0.3, 0.4) is 0 Å². The van der Waals surface area contributed by atoms with Gasteiger partial charge in [0.25, 0.3) is 0 Å². The SMILES string of the molecule is COc1cccc(NC(=O)C[C@H](CN2CCN(Cc3cccc(Cl)c3)CC2)C(=O)O)c1. The molecule has 1 aliphatic rings. The number of nitrogens with one attached hydrogen (secondary N) is 1. The van der Waals surface area contributed by atoms with Gasteiger partial charge in [-0.1, -0.05) is 29.8 Å². The Hall–Kier alpha value is -2.61. The lowest BCUT2D eigenvalue weighted by atomic mass is 10.0. The summed E-state index contributed by atoms with van der Waals surface area (Å²) in [5.41, 5.74) is 1.75. The molecule has 0 bridgehead atoms. The first-order valence-corrected chi connectivity index (χ1v) is 10.7. The molecular weight excluding hydrogens is 418 g/mol. The third-order valence-corrected chi connectivity index (χ3v) is 5.61. The molecule has 1 amide bonds. The van der Waals surface area contributed by atoms with Gasteiger partial charge in [0.1, 0.15) is 5.75 Å². The van der Waals surface area contributed by atoms with E-state index in [1.54, 1.807) is 31.4 Å². The molecule has 0 saturated carbocycles. The third-order valence-electron chi connectivity index (χ3n) is 5.37. The second-order valence-corrected chi connectivity index (χ2v) is 8.16. The van der Waals surface area contributed by atoms with Gasteiger partial charge in [0.05, 0.1) is 13.0 Å². The van der Waals surface area contributed by atoms with E-state index in [4.69, 9.17) is 16.3 Å². The summed E-state index contributed by atoms with van der Waals surface area (Å²) in [6.07, 6.45) is -0.0741. The predicted molar refractivity (Wildman–Crippen MR) is 121 cm³/mol. The fourth-order valence-corrected chi connectivity index (χ4v) is 3.91. The molecule has 3 rings (SSSR count). The second-order valence-electron chi connectivity index (χ2n) is 7.73.